The Labute approximate surface area is 225 Å². The first kappa shape index (κ1) is 27.8. The van der Waals surface area contributed by atoms with E-state index >= 15 is 0 Å². The lowest BCUT2D eigenvalue weighted by atomic mass is 10.0. The Balaban J connectivity index is 1.42. The number of fused-ring (bicyclic) bond motifs is 2. The van der Waals surface area contributed by atoms with Crippen LogP contribution in [0.3, 0.4) is 0 Å². The zero-order valence-corrected chi connectivity index (χ0v) is 22.6. The number of amides is 1. The molecule has 1 aliphatic heterocycles. The smallest absolute Gasteiger partial charge is 0.222 e. The van der Waals surface area contributed by atoms with Crippen LogP contribution in [0.2, 0.25) is 0 Å². The monoisotopic (exact) mass is 521 g/mol. The van der Waals surface area contributed by atoms with Crippen LogP contribution in [0.4, 0.5) is 0 Å². The first-order valence-corrected chi connectivity index (χ1v) is 13.3. The molecule has 9 nitrogen and oxygen atoms in total. The lowest BCUT2D eigenvalue weighted by Gasteiger charge is -2.35. The van der Waals surface area contributed by atoms with E-state index in [2.05, 4.69) is 41.3 Å². The van der Waals surface area contributed by atoms with Crippen molar-refractivity contribution in [2.45, 2.75) is 58.5 Å². The minimum Gasteiger partial charge on any atom is -0.457 e. The largest absolute Gasteiger partial charge is 0.457 e. The summed E-state index contributed by atoms with van der Waals surface area (Å²) in [5, 5.41) is 18.2. The van der Waals surface area contributed by atoms with Gasteiger partial charge in [0.05, 0.1) is 31.6 Å². The molecule has 0 aliphatic carbocycles. The van der Waals surface area contributed by atoms with E-state index in [4.69, 9.17) is 9.47 Å². The predicted octanol–water partition coefficient (Wildman–Crippen LogP) is 3.73. The van der Waals surface area contributed by atoms with Crippen LogP contribution in [0.15, 0.2) is 60.8 Å². The van der Waals surface area contributed by atoms with Gasteiger partial charge in [-0.05, 0) is 50.2 Å². The molecule has 9 heteroatoms. The number of carbonyl (C=O) groups is 1. The number of hydrogen-bond donors (Lipinski definition) is 1. The number of likely N-dealkylation sites (N-methyl/N-ethyl adjacent to an activating group) is 1. The van der Waals surface area contributed by atoms with Gasteiger partial charge in [-0.2, -0.15) is 0 Å². The van der Waals surface area contributed by atoms with Crippen LogP contribution in [0.25, 0.3) is 0 Å². The molecule has 0 saturated carbocycles. The molecule has 1 aliphatic rings. The summed E-state index contributed by atoms with van der Waals surface area (Å²) in [6.45, 7) is 6.84. The Hall–Kier alpha value is -3.27. The van der Waals surface area contributed by atoms with Crippen molar-refractivity contribution in [1.82, 2.24) is 24.8 Å². The van der Waals surface area contributed by atoms with Gasteiger partial charge in [0.2, 0.25) is 5.91 Å². The summed E-state index contributed by atoms with van der Waals surface area (Å²) in [4.78, 5) is 17.1. The molecule has 3 aromatic rings. The lowest BCUT2D eigenvalue weighted by molar-refractivity contribution is -0.136. The number of nitrogens with zero attached hydrogens (tertiary/aromatic N) is 5. The number of benzene rings is 2. The number of rotatable bonds is 8. The molecule has 1 N–H and O–H groups in total. The molecular weight excluding hydrogens is 482 g/mol. The second kappa shape index (κ2) is 13.5. The zero-order valence-electron chi connectivity index (χ0n) is 22.6. The van der Waals surface area contributed by atoms with E-state index in [1.165, 1.54) is 5.56 Å². The molecule has 0 radical (unpaired) electrons. The molecular formula is C29H39N5O4. The van der Waals surface area contributed by atoms with E-state index < -0.39 is 0 Å². The van der Waals surface area contributed by atoms with Crippen molar-refractivity contribution in [2.24, 2.45) is 5.92 Å². The molecule has 0 unspecified atom stereocenters. The van der Waals surface area contributed by atoms with Crippen LogP contribution in [0, 0.1) is 5.92 Å². The predicted molar refractivity (Wildman–Crippen MR) is 145 cm³/mol. The minimum absolute atomic E-state index is 0.0444. The van der Waals surface area contributed by atoms with Crippen molar-refractivity contribution in [3.63, 3.8) is 0 Å². The molecule has 204 valence electrons. The SMILES string of the molecule is C[C@H](CO)N1C[C@H](C)[C@@H](CN(C)Cc2ccc(Oc3ccccc3)cc2)OCc2cn(nn2)CCCC1=O. The minimum atomic E-state index is -0.248. The highest BCUT2D eigenvalue weighted by Crippen LogP contribution is 2.22. The fraction of sp³-hybridized carbons (Fsp3) is 0.483. The maximum Gasteiger partial charge on any atom is 0.222 e. The summed E-state index contributed by atoms with van der Waals surface area (Å²) in [6.07, 6.45) is 2.82. The zero-order chi connectivity index (χ0) is 26.9. The number of aliphatic hydroxyl groups excluding tert-OH is 1. The summed E-state index contributed by atoms with van der Waals surface area (Å²) < 4.78 is 14.1. The van der Waals surface area contributed by atoms with Gasteiger partial charge in [0, 0.05) is 38.5 Å². The van der Waals surface area contributed by atoms with Crippen LogP contribution < -0.4 is 4.74 Å². The van der Waals surface area contributed by atoms with Crippen molar-refractivity contribution < 1.29 is 19.4 Å². The van der Waals surface area contributed by atoms with Gasteiger partial charge >= 0.3 is 0 Å². The highest BCUT2D eigenvalue weighted by atomic mass is 16.5. The van der Waals surface area contributed by atoms with Gasteiger partial charge in [0.1, 0.15) is 17.2 Å². The van der Waals surface area contributed by atoms with Crippen LogP contribution in [-0.4, -0.2) is 74.7 Å². The Bertz CT molecular complexity index is 1140. The molecule has 38 heavy (non-hydrogen) atoms. The second-order valence-electron chi connectivity index (χ2n) is 10.2. The average molecular weight is 522 g/mol. The molecule has 4 rings (SSSR count). The van der Waals surface area contributed by atoms with E-state index in [9.17, 15) is 9.90 Å². The summed E-state index contributed by atoms with van der Waals surface area (Å²) >= 11 is 0. The van der Waals surface area contributed by atoms with Gasteiger partial charge in [-0.25, -0.2) is 0 Å². The average Bonchev–Trinajstić information content (AvgIpc) is 3.38. The molecule has 2 aromatic carbocycles. The van der Waals surface area contributed by atoms with E-state index in [1.54, 1.807) is 9.58 Å². The van der Waals surface area contributed by atoms with Gasteiger partial charge in [-0.15, -0.1) is 5.10 Å². The molecule has 0 fully saturated rings. The maximum atomic E-state index is 13.0. The van der Waals surface area contributed by atoms with Crippen molar-refractivity contribution in [3.05, 3.63) is 72.1 Å². The highest BCUT2D eigenvalue weighted by Gasteiger charge is 2.28. The summed E-state index contributed by atoms with van der Waals surface area (Å²) in [5.74, 6) is 1.70. The number of aryl methyl sites for hydroxylation is 1. The van der Waals surface area contributed by atoms with Gasteiger partial charge in [-0.3, -0.25) is 14.4 Å². The third kappa shape index (κ3) is 7.86. The fourth-order valence-electron chi connectivity index (χ4n) is 4.66. The Morgan fingerprint density at radius 2 is 1.89 bits per heavy atom. The molecule has 1 amide bonds. The molecule has 2 bridgehead atoms. The van der Waals surface area contributed by atoms with Crippen molar-refractivity contribution in [1.29, 1.82) is 0 Å². The van der Waals surface area contributed by atoms with E-state index in [0.29, 0.717) is 39.1 Å². The standard InChI is InChI=1S/C29H39N5O4/c1-22-16-34(23(2)20-35)29(36)10-7-15-33-18-25(30-31-33)21-37-28(22)19-32(3)17-24-11-13-27(14-12-24)38-26-8-5-4-6-9-26/h4-6,8-9,11-14,18,22-23,28,35H,7,10,15-17,19-21H2,1-3H3/t22-,23+,28+/m0/s1. The maximum absolute atomic E-state index is 13.0. The summed E-state index contributed by atoms with van der Waals surface area (Å²) in [7, 11) is 2.07. The highest BCUT2D eigenvalue weighted by molar-refractivity contribution is 5.76. The lowest BCUT2D eigenvalue weighted by Crippen LogP contribution is -2.47. The number of para-hydroxylation sites is 1. The quantitative estimate of drug-likeness (QED) is 0.483. The number of aromatic nitrogens is 3. The van der Waals surface area contributed by atoms with Crippen LogP contribution in [-0.2, 0) is 29.2 Å². The Morgan fingerprint density at radius 1 is 1.16 bits per heavy atom. The third-order valence-corrected chi connectivity index (χ3v) is 6.89. The van der Waals surface area contributed by atoms with Crippen molar-refractivity contribution in [3.8, 4) is 11.5 Å². The van der Waals surface area contributed by atoms with Crippen LogP contribution >= 0.6 is 0 Å². The molecule has 1 aromatic heterocycles. The first-order valence-electron chi connectivity index (χ1n) is 13.3. The molecule has 0 saturated heterocycles. The summed E-state index contributed by atoms with van der Waals surface area (Å²) in [6, 6.07) is 17.6. The molecule has 0 spiro atoms. The number of carbonyl (C=O) groups excluding carboxylic acids is 1. The topological polar surface area (TPSA) is 92.9 Å². The van der Waals surface area contributed by atoms with E-state index in [-0.39, 0.29) is 30.6 Å². The Kier molecular flexibility index (Phi) is 9.86. The number of aliphatic hydroxyl groups is 1. The Morgan fingerprint density at radius 3 is 2.63 bits per heavy atom. The van der Waals surface area contributed by atoms with Gasteiger partial charge in [-0.1, -0.05) is 42.5 Å². The normalized spacial score (nSPS) is 19.9. The van der Waals surface area contributed by atoms with E-state index in [0.717, 1.165) is 23.7 Å². The second-order valence-corrected chi connectivity index (χ2v) is 10.2. The molecule has 2 heterocycles. The summed E-state index contributed by atoms with van der Waals surface area (Å²) in [5.41, 5.74) is 1.95. The van der Waals surface area contributed by atoms with Crippen molar-refractivity contribution >= 4 is 5.91 Å². The third-order valence-electron chi connectivity index (χ3n) is 6.89. The van der Waals surface area contributed by atoms with Gasteiger partial charge in [0.25, 0.3) is 0 Å². The van der Waals surface area contributed by atoms with Crippen molar-refractivity contribution in [2.75, 3.05) is 26.7 Å². The molecule has 3 atom stereocenters. The first-order chi connectivity index (χ1) is 18.4. The number of hydrogen-bond acceptors (Lipinski definition) is 7. The fourth-order valence-corrected chi connectivity index (χ4v) is 4.66. The van der Waals surface area contributed by atoms with E-state index in [1.807, 2.05) is 55.6 Å². The van der Waals surface area contributed by atoms with Crippen LogP contribution in [0.5, 0.6) is 11.5 Å². The number of ether oxygens (including phenoxy) is 2. The van der Waals surface area contributed by atoms with Crippen LogP contribution in [0.1, 0.15) is 37.9 Å². The van der Waals surface area contributed by atoms with Gasteiger partial charge in [0.15, 0.2) is 0 Å². The van der Waals surface area contributed by atoms with Gasteiger partial charge < -0.3 is 19.5 Å².